The molecular formula is C39H51N5O9S. The first kappa shape index (κ1) is 43.3. The van der Waals surface area contributed by atoms with Crippen LogP contribution in [0.1, 0.15) is 62.1 Å². The Morgan fingerprint density at radius 1 is 0.778 bits per heavy atom. The summed E-state index contributed by atoms with van der Waals surface area (Å²) in [7, 11) is -2.56. The molecule has 0 radical (unpaired) electrons. The molecule has 0 aromatic heterocycles. The molecule has 3 rings (SSSR count). The largest absolute Gasteiger partial charge is 0.467 e. The number of nitrogens with one attached hydrogen (secondary N) is 4. The van der Waals surface area contributed by atoms with Gasteiger partial charge in [0.05, 0.1) is 12.0 Å². The molecule has 0 unspecified atom stereocenters. The Kier molecular flexibility index (Phi) is 17.3. The van der Waals surface area contributed by atoms with Crippen LogP contribution in [-0.2, 0) is 51.7 Å². The summed E-state index contributed by atoms with van der Waals surface area (Å²) in [6.45, 7) is 3.47. The van der Waals surface area contributed by atoms with E-state index in [1.807, 2.05) is 37.3 Å². The number of amides is 3. The minimum absolute atomic E-state index is 0.0239. The molecule has 3 aromatic rings. The van der Waals surface area contributed by atoms with Crippen molar-refractivity contribution in [2.45, 2.75) is 87.9 Å². The molecule has 0 saturated carbocycles. The van der Waals surface area contributed by atoms with Gasteiger partial charge in [-0.15, -0.1) is 0 Å². The van der Waals surface area contributed by atoms with Crippen molar-refractivity contribution < 1.29 is 41.9 Å². The molecule has 3 atom stereocenters. The van der Waals surface area contributed by atoms with Gasteiger partial charge in [-0.3, -0.25) is 14.4 Å². The van der Waals surface area contributed by atoms with E-state index in [4.69, 9.17) is 15.2 Å². The lowest BCUT2D eigenvalue weighted by Crippen LogP contribution is -2.63. The summed E-state index contributed by atoms with van der Waals surface area (Å²) in [4.78, 5) is 65.0. The second-order valence-electron chi connectivity index (χ2n) is 13.0. The van der Waals surface area contributed by atoms with E-state index in [1.165, 1.54) is 26.2 Å². The van der Waals surface area contributed by atoms with Crippen LogP contribution < -0.4 is 26.4 Å². The lowest BCUT2D eigenvalue weighted by molar-refractivity contribution is -0.145. The van der Waals surface area contributed by atoms with Crippen LogP contribution in [0.5, 0.6) is 0 Å². The Morgan fingerprint density at radius 2 is 1.39 bits per heavy atom. The monoisotopic (exact) mass is 765 g/mol. The van der Waals surface area contributed by atoms with E-state index in [1.54, 1.807) is 42.5 Å². The van der Waals surface area contributed by atoms with E-state index < -0.39 is 57.3 Å². The number of Topliss-reactive ketones (excluding diaryl/α,β-unsaturated/α-hetero) is 1. The number of ketones is 1. The molecule has 0 fully saturated rings. The number of sulfonamides is 1. The van der Waals surface area contributed by atoms with E-state index in [-0.39, 0.29) is 56.7 Å². The maximum atomic E-state index is 13.7. The second kappa shape index (κ2) is 21.5. The van der Waals surface area contributed by atoms with Gasteiger partial charge in [0.25, 0.3) is 0 Å². The zero-order chi connectivity index (χ0) is 39.6. The molecule has 3 amide bonds. The fourth-order valence-corrected chi connectivity index (χ4v) is 6.51. The number of hydrogen-bond acceptors (Lipinski definition) is 10. The molecule has 0 aliphatic heterocycles. The number of rotatable bonds is 22. The number of carbonyl (C=O) groups is 5. The number of alkyl carbamates (subject to hydrolysis) is 1. The van der Waals surface area contributed by atoms with Gasteiger partial charge in [-0.25, -0.2) is 22.7 Å². The van der Waals surface area contributed by atoms with E-state index in [9.17, 15) is 32.4 Å². The maximum Gasteiger partial charge on any atom is 0.407 e. The lowest BCUT2D eigenvalue weighted by atomic mass is 9.88. The molecule has 54 heavy (non-hydrogen) atoms. The number of hydrogen-bond donors (Lipinski definition) is 5. The third-order valence-corrected chi connectivity index (χ3v) is 10.2. The van der Waals surface area contributed by atoms with Crippen molar-refractivity contribution in [2.24, 2.45) is 5.73 Å². The molecular weight excluding hydrogens is 715 g/mol. The molecule has 0 saturated heterocycles. The summed E-state index contributed by atoms with van der Waals surface area (Å²) < 4.78 is 37.9. The number of aryl methyl sites for hydroxylation is 1. The number of ether oxygens (including phenoxy) is 2. The number of nitrogens with two attached hydrogens (primary N) is 1. The molecule has 292 valence electrons. The molecule has 0 spiro atoms. The summed E-state index contributed by atoms with van der Waals surface area (Å²) in [5.74, 6) is -2.91. The van der Waals surface area contributed by atoms with Crippen LogP contribution in [0.25, 0.3) is 0 Å². The Hall–Kier alpha value is -5.12. The Labute approximate surface area is 317 Å². The van der Waals surface area contributed by atoms with Gasteiger partial charge < -0.3 is 31.2 Å². The van der Waals surface area contributed by atoms with Crippen LogP contribution in [0.4, 0.5) is 4.79 Å². The summed E-state index contributed by atoms with van der Waals surface area (Å²) in [6.07, 6.45) is 0.896. The van der Waals surface area contributed by atoms with Gasteiger partial charge in [-0.2, -0.15) is 0 Å². The Morgan fingerprint density at radius 3 is 2.00 bits per heavy atom. The highest BCUT2D eigenvalue weighted by molar-refractivity contribution is 7.89. The number of benzene rings is 3. The van der Waals surface area contributed by atoms with Crippen LogP contribution in [0.3, 0.4) is 0 Å². The average molecular weight is 766 g/mol. The van der Waals surface area contributed by atoms with Gasteiger partial charge in [0.2, 0.25) is 21.8 Å². The van der Waals surface area contributed by atoms with Crippen molar-refractivity contribution >= 4 is 39.7 Å². The van der Waals surface area contributed by atoms with E-state index in [0.29, 0.717) is 18.4 Å². The average Bonchev–Trinajstić information content (AvgIpc) is 3.16. The highest BCUT2D eigenvalue weighted by Crippen LogP contribution is 2.16. The minimum atomic E-state index is -3.75. The minimum Gasteiger partial charge on any atom is -0.467 e. The summed E-state index contributed by atoms with van der Waals surface area (Å²) in [5, 5.41) is 7.96. The van der Waals surface area contributed by atoms with Gasteiger partial charge in [0.1, 0.15) is 18.7 Å². The van der Waals surface area contributed by atoms with Crippen molar-refractivity contribution in [2.75, 3.05) is 20.2 Å². The van der Waals surface area contributed by atoms with Crippen LogP contribution in [-0.4, -0.2) is 75.9 Å². The predicted octanol–water partition coefficient (Wildman–Crippen LogP) is 3.21. The van der Waals surface area contributed by atoms with Crippen LogP contribution in [0.15, 0.2) is 89.8 Å². The highest BCUT2D eigenvalue weighted by Gasteiger charge is 2.40. The second-order valence-corrected chi connectivity index (χ2v) is 14.7. The Bertz CT molecular complexity index is 1790. The van der Waals surface area contributed by atoms with Crippen molar-refractivity contribution in [1.29, 1.82) is 0 Å². The zero-order valence-electron chi connectivity index (χ0n) is 31.0. The zero-order valence-corrected chi connectivity index (χ0v) is 31.8. The van der Waals surface area contributed by atoms with Crippen molar-refractivity contribution in [3.05, 3.63) is 102 Å². The molecule has 0 aliphatic rings. The maximum absolute atomic E-state index is 13.7. The van der Waals surface area contributed by atoms with Crippen molar-refractivity contribution in [3.8, 4) is 0 Å². The van der Waals surface area contributed by atoms with Crippen molar-refractivity contribution in [1.82, 2.24) is 20.7 Å². The normalized spacial score (nSPS) is 13.4. The fourth-order valence-electron chi connectivity index (χ4n) is 5.43. The van der Waals surface area contributed by atoms with E-state index in [0.717, 1.165) is 11.1 Å². The highest BCUT2D eigenvalue weighted by atomic mass is 32.2. The van der Waals surface area contributed by atoms with Gasteiger partial charge in [0, 0.05) is 19.5 Å². The standard InChI is InChI=1S/C39H51N5O9S/c1-28-19-21-32(22-20-28)54(50,51)42-25-13-11-23-39(40,29(2)45)37(48)44-34(26-30-14-6-4-7-15-30)35(46)43-33(36(47)52-3)18-10-12-24-41-38(49)53-27-31-16-8-5-9-17-31/h4-9,14-17,19-22,33-34,42H,10-13,18,23-27,40H2,1-3H3,(H,41,49)(H,43,46)(H,44,48)/t33-,34-,39-/m0/s1. The molecule has 0 heterocycles. The smallest absolute Gasteiger partial charge is 0.407 e. The fraction of sp³-hybridized carbons (Fsp3) is 0.410. The predicted molar refractivity (Wildman–Crippen MR) is 202 cm³/mol. The van der Waals surface area contributed by atoms with Gasteiger partial charge in [-0.05, 0) is 75.6 Å². The summed E-state index contributed by atoms with van der Waals surface area (Å²) in [5.41, 5.74) is 6.84. The van der Waals surface area contributed by atoms with Crippen LogP contribution in [0.2, 0.25) is 0 Å². The van der Waals surface area contributed by atoms with Crippen molar-refractivity contribution in [3.63, 3.8) is 0 Å². The summed E-state index contributed by atoms with van der Waals surface area (Å²) in [6, 6.07) is 22.2. The first-order valence-electron chi connectivity index (χ1n) is 17.8. The SMILES string of the molecule is COC(=O)[C@H](CCCCNC(=O)OCc1ccccc1)NC(=O)[C@H](Cc1ccccc1)NC(=O)[C@](N)(CCCCNS(=O)(=O)c1ccc(C)cc1)C(C)=O. The molecule has 0 aliphatic carbocycles. The number of esters is 1. The third-order valence-electron chi connectivity index (χ3n) is 8.76. The molecule has 15 heteroatoms. The number of methoxy groups -OCH3 is 1. The molecule has 3 aromatic carbocycles. The van der Waals surface area contributed by atoms with Gasteiger partial charge >= 0.3 is 12.1 Å². The number of carbonyl (C=O) groups excluding carboxylic acids is 5. The van der Waals surface area contributed by atoms with Crippen LogP contribution in [0, 0.1) is 6.92 Å². The van der Waals surface area contributed by atoms with Gasteiger partial charge in [0.15, 0.2) is 11.3 Å². The summed E-state index contributed by atoms with van der Waals surface area (Å²) >= 11 is 0. The molecule has 14 nitrogen and oxygen atoms in total. The topological polar surface area (TPSA) is 212 Å². The quantitative estimate of drug-likeness (QED) is 0.0573. The molecule has 0 bridgehead atoms. The third kappa shape index (κ3) is 14.0. The lowest BCUT2D eigenvalue weighted by Gasteiger charge is -2.29. The number of unbranched alkanes of at least 4 members (excludes halogenated alkanes) is 2. The van der Waals surface area contributed by atoms with E-state index >= 15 is 0 Å². The molecule has 6 N–H and O–H groups in total. The van der Waals surface area contributed by atoms with E-state index in [2.05, 4.69) is 20.7 Å². The van der Waals surface area contributed by atoms with Gasteiger partial charge in [-0.1, -0.05) is 78.4 Å². The first-order chi connectivity index (χ1) is 25.7. The van der Waals surface area contributed by atoms with Crippen LogP contribution >= 0.6 is 0 Å². The Balaban J connectivity index is 1.59. The first-order valence-corrected chi connectivity index (χ1v) is 19.3.